The van der Waals surface area contributed by atoms with Crippen molar-refractivity contribution in [2.24, 2.45) is 0 Å². The summed E-state index contributed by atoms with van der Waals surface area (Å²) in [5, 5.41) is 20.0. The Balaban J connectivity index is 2.40. The van der Waals surface area contributed by atoms with Crippen LogP contribution >= 0.6 is 11.3 Å². The van der Waals surface area contributed by atoms with Crippen LogP contribution in [0.1, 0.15) is 11.0 Å². The summed E-state index contributed by atoms with van der Waals surface area (Å²) >= 11 is 1.35. The molecule has 0 aliphatic rings. The van der Waals surface area contributed by atoms with Gasteiger partial charge in [-0.15, -0.1) is 11.3 Å². The lowest BCUT2D eigenvalue weighted by Gasteiger charge is -2.13. The van der Waals surface area contributed by atoms with E-state index in [4.69, 9.17) is 0 Å². The second-order valence-electron chi connectivity index (χ2n) is 4.73. The summed E-state index contributed by atoms with van der Waals surface area (Å²) in [6, 6.07) is 16.6. The van der Waals surface area contributed by atoms with Gasteiger partial charge in [0.1, 0.15) is 6.10 Å². The van der Waals surface area contributed by atoms with Crippen LogP contribution in [0.25, 0.3) is 21.2 Å². The normalized spacial score (nSPS) is 12.5. The van der Waals surface area contributed by atoms with Crippen molar-refractivity contribution in [2.75, 3.05) is 6.61 Å². The monoisotopic (exact) mass is 298 g/mol. The molecule has 0 saturated carbocycles. The van der Waals surface area contributed by atoms with Crippen molar-refractivity contribution < 1.29 is 10.2 Å². The van der Waals surface area contributed by atoms with Gasteiger partial charge in [0.2, 0.25) is 0 Å². The van der Waals surface area contributed by atoms with Crippen LogP contribution in [0.15, 0.2) is 59.4 Å². The highest BCUT2D eigenvalue weighted by Gasteiger charge is 2.19. The number of aliphatic hydroxyl groups excluding tert-OH is 2. The molecule has 21 heavy (non-hydrogen) atoms. The van der Waals surface area contributed by atoms with Crippen LogP contribution in [0.2, 0.25) is 0 Å². The number of rotatable bonds is 3. The fraction of sp³-hybridized carbons (Fsp3) is 0.118. The van der Waals surface area contributed by atoms with Gasteiger partial charge in [0.05, 0.1) is 6.61 Å². The average molecular weight is 298 g/mol. The largest absolute Gasteiger partial charge is 0.393 e. The molecule has 2 aromatic carbocycles. The summed E-state index contributed by atoms with van der Waals surface area (Å²) < 4.78 is 0.810. The van der Waals surface area contributed by atoms with Crippen LogP contribution in [0.3, 0.4) is 0 Å². The van der Waals surface area contributed by atoms with Crippen LogP contribution < -0.4 is 5.43 Å². The van der Waals surface area contributed by atoms with Crippen molar-refractivity contribution in [3.63, 3.8) is 0 Å². The smallest absolute Gasteiger partial charge is 0.196 e. The Morgan fingerprint density at radius 1 is 1.00 bits per heavy atom. The highest BCUT2D eigenvalue weighted by atomic mass is 32.1. The molecule has 3 rings (SSSR count). The standard InChI is InChI=1S/C17H14O3S/c18-10-13(19)17-15(11-6-2-1-3-7-11)16(20)12-8-4-5-9-14(12)21-17/h1-9,13,18-19H,10H2. The average Bonchev–Trinajstić information content (AvgIpc) is 2.55. The van der Waals surface area contributed by atoms with Crippen LogP contribution in [-0.4, -0.2) is 16.8 Å². The Labute approximate surface area is 125 Å². The van der Waals surface area contributed by atoms with Crippen molar-refractivity contribution >= 4 is 21.4 Å². The third kappa shape index (κ3) is 2.49. The molecule has 1 heterocycles. The van der Waals surface area contributed by atoms with Gasteiger partial charge in [-0.05, 0) is 17.7 Å². The Morgan fingerprint density at radius 2 is 1.67 bits per heavy atom. The van der Waals surface area contributed by atoms with Crippen LogP contribution in [-0.2, 0) is 0 Å². The summed E-state index contributed by atoms with van der Waals surface area (Å²) in [5.74, 6) is 0. The van der Waals surface area contributed by atoms with Gasteiger partial charge in [0.15, 0.2) is 5.43 Å². The van der Waals surface area contributed by atoms with E-state index in [1.807, 2.05) is 48.5 Å². The molecule has 3 aromatic rings. The molecule has 0 bridgehead atoms. The molecular formula is C17H14O3S. The predicted octanol–water partition coefficient (Wildman–Crippen LogP) is 2.95. The van der Waals surface area contributed by atoms with E-state index in [1.54, 1.807) is 6.07 Å². The first-order valence-corrected chi connectivity index (χ1v) is 7.44. The Kier molecular flexibility index (Phi) is 3.84. The minimum Gasteiger partial charge on any atom is -0.393 e. The van der Waals surface area contributed by atoms with E-state index < -0.39 is 12.7 Å². The predicted molar refractivity (Wildman–Crippen MR) is 85.6 cm³/mol. The van der Waals surface area contributed by atoms with Crippen molar-refractivity contribution in [3.8, 4) is 11.1 Å². The summed E-state index contributed by atoms with van der Waals surface area (Å²) in [7, 11) is 0. The first kappa shape index (κ1) is 13.9. The fourth-order valence-corrected chi connectivity index (χ4v) is 3.53. The molecule has 0 saturated heterocycles. The topological polar surface area (TPSA) is 57.5 Å². The number of hydrogen-bond acceptors (Lipinski definition) is 4. The SMILES string of the molecule is O=c1c(-c2ccccc2)c(C(O)CO)sc2ccccc12. The Hall–Kier alpha value is -2.01. The molecule has 1 unspecified atom stereocenters. The van der Waals surface area contributed by atoms with Gasteiger partial charge >= 0.3 is 0 Å². The van der Waals surface area contributed by atoms with Gasteiger partial charge < -0.3 is 10.2 Å². The minimum atomic E-state index is -1.05. The van der Waals surface area contributed by atoms with Gasteiger partial charge in [-0.3, -0.25) is 4.79 Å². The summed E-state index contributed by atoms with van der Waals surface area (Å²) in [4.78, 5) is 13.3. The van der Waals surface area contributed by atoms with Gasteiger partial charge in [0, 0.05) is 20.5 Å². The molecule has 4 heteroatoms. The lowest BCUT2D eigenvalue weighted by molar-refractivity contribution is 0.0986. The molecular weight excluding hydrogens is 284 g/mol. The van der Waals surface area contributed by atoms with Crippen LogP contribution in [0.5, 0.6) is 0 Å². The second-order valence-corrected chi connectivity index (χ2v) is 5.81. The van der Waals surface area contributed by atoms with E-state index >= 15 is 0 Å². The number of aliphatic hydroxyl groups is 2. The molecule has 1 atom stereocenters. The molecule has 3 nitrogen and oxygen atoms in total. The minimum absolute atomic E-state index is 0.113. The van der Waals surface area contributed by atoms with Gasteiger partial charge in [-0.25, -0.2) is 0 Å². The Morgan fingerprint density at radius 3 is 2.38 bits per heavy atom. The zero-order chi connectivity index (χ0) is 14.8. The fourth-order valence-electron chi connectivity index (χ4n) is 2.35. The third-order valence-corrected chi connectivity index (χ3v) is 4.64. The summed E-state index contributed by atoms with van der Waals surface area (Å²) in [5.41, 5.74) is 1.12. The molecule has 1 aromatic heterocycles. The van der Waals surface area contributed by atoms with Crippen molar-refractivity contribution in [1.82, 2.24) is 0 Å². The molecule has 0 fully saturated rings. The summed E-state index contributed by atoms with van der Waals surface area (Å²) in [6.07, 6.45) is -1.05. The van der Waals surface area contributed by atoms with Crippen LogP contribution in [0, 0.1) is 0 Å². The Bertz CT molecular complexity index is 824. The van der Waals surface area contributed by atoms with Crippen molar-refractivity contribution in [1.29, 1.82) is 0 Å². The highest BCUT2D eigenvalue weighted by molar-refractivity contribution is 7.18. The molecule has 0 radical (unpaired) electrons. The number of fused-ring (bicyclic) bond motifs is 1. The van der Waals surface area contributed by atoms with E-state index in [1.165, 1.54) is 11.3 Å². The maximum atomic E-state index is 12.8. The van der Waals surface area contributed by atoms with E-state index in [2.05, 4.69) is 0 Å². The molecule has 106 valence electrons. The van der Waals surface area contributed by atoms with Gasteiger partial charge in [-0.2, -0.15) is 0 Å². The van der Waals surface area contributed by atoms with Gasteiger partial charge in [0.25, 0.3) is 0 Å². The van der Waals surface area contributed by atoms with Crippen molar-refractivity contribution in [3.05, 3.63) is 69.7 Å². The van der Waals surface area contributed by atoms with E-state index in [9.17, 15) is 15.0 Å². The maximum Gasteiger partial charge on any atom is 0.196 e. The highest BCUT2D eigenvalue weighted by Crippen LogP contribution is 2.32. The molecule has 0 aliphatic carbocycles. The third-order valence-electron chi connectivity index (χ3n) is 3.36. The lowest BCUT2D eigenvalue weighted by atomic mass is 10.0. The maximum absolute atomic E-state index is 12.8. The first-order valence-electron chi connectivity index (χ1n) is 6.62. The summed E-state index contributed by atoms with van der Waals surface area (Å²) in [6.45, 7) is -0.409. The number of benzene rings is 2. The van der Waals surface area contributed by atoms with Crippen molar-refractivity contribution in [2.45, 2.75) is 6.10 Å². The first-order chi connectivity index (χ1) is 10.2. The number of hydrogen-bond donors (Lipinski definition) is 2. The zero-order valence-corrected chi connectivity index (χ0v) is 12.0. The second kappa shape index (κ2) is 5.77. The molecule has 0 amide bonds. The lowest BCUT2D eigenvalue weighted by Crippen LogP contribution is -2.12. The zero-order valence-electron chi connectivity index (χ0n) is 11.2. The molecule has 0 spiro atoms. The molecule has 0 aliphatic heterocycles. The molecule has 2 N–H and O–H groups in total. The van der Waals surface area contributed by atoms with Crippen LogP contribution in [0.4, 0.5) is 0 Å². The van der Waals surface area contributed by atoms with E-state index in [0.717, 1.165) is 10.3 Å². The van der Waals surface area contributed by atoms with Gasteiger partial charge in [-0.1, -0.05) is 42.5 Å². The quantitative estimate of drug-likeness (QED) is 0.781. The van der Waals surface area contributed by atoms with E-state index in [-0.39, 0.29) is 5.43 Å². The van der Waals surface area contributed by atoms with E-state index in [0.29, 0.717) is 15.8 Å².